The highest BCUT2D eigenvalue weighted by molar-refractivity contribution is 5.80. The first-order chi connectivity index (χ1) is 15.8. The second-order valence-corrected chi connectivity index (χ2v) is 7.20. The predicted molar refractivity (Wildman–Crippen MR) is 113 cm³/mol. The molecule has 176 valence electrons. The Morgan fingerprint density at radius 2 is 1.85 bits per heavy atom. The van der Waals surface area contributed by atoms with E-state index in [4.69, 9.17) is 18.9 Å². The lowest BCUT2D eigenvalue weighted by atomic mass is 9.90. The second-order valence-electron chi connectivity index (χ2n) is 7.20. The highest BCUT2D eigenvalue weighted by Gasteiger charge is 2.34. The molecule has 1 amide bonds. The van der Waals surface area contributed by atoms with Gasteiger partial charge in [-0.2, -0.15) is 4.39 Å². The predicted octanol–water partition coefficient (Wildman–Crippen LogP) is 2.82. The highest BCUT2D eigenvalue weighted by Crippen LogP contribution is 2.39. The molecule has 1 atom stereocenters. The van der Waals surface area contributed by atoms with Gasteiger partial charge < -0.3 is 23.8 Å². The van der Waals surface area contributed by atoms with Crippen LogP contribution in [0.5, 0.6) is 17.2 Å². The molecule has 0 spiro atoms. The van der Waals surface area contributed by atoms with Gasteiger partial charge in [0.25, 0.3) is 5.91 Å². The van der Waals surface area contributed by atoms with Crippen LogP contribution in [0.25, 0.3) is 0 Å². The number of esters is 1. The van der Waals surface area contributed by atoms with Gasteiger partial charge in [-0.05, 0) is 35.7 Å². The van der Waals surface area contributed by atoms with Crippen molar-refractivity contribution in [2.24, 2.45) is 0 Å². The number of nitro groups is 1. The number of benzene rings is 2. The number of hydrogen-bond donors (Lipinski definition) is 0. The summed E-state index contributed by atoms with van der Waals surface area (Å²) in [5.41, 5.74) is 0.937. The summed E-state index contributed by atoms with van der Waals surface area (Å²) in [7, 11) is 4.27. The molecule has 1 unspecified atom stereocenters. The maximum atomic E-state index is 13.8. The van der Waals surface area contributed by atoms with E-state index in [9.17, 15) is 24.1 Å². The third-order valence-corrected chi connectivity index (χ3v) is 5.39. The Hall–Kier alpha value is -3.89. The zero-order valence-corrected chi connectivity index (χ0v) is 18.3. The van der Waals surface area contributed by atoms with Crippen molar-refractivity contribution >= 4 is 17.6 Å². The Morgan fingerprint density at radius 1 is 1.15 bits per heavy atom. The van der Waals surface area contributed by atoms with Crippen LogP contribution in [0.3, 0.4) is 0 Å². The van der Waals surface area contributed by atoms with Crippen molar-refractivity contribution < 1.29 is 37.9 Å². The molecular weight excluding hydrogens is 439 g/mol. The molecule has 1 aliphatic rings. The van der Waals surface area contributed by atoms with Gasteiger partial charge in [-0.25, -0.2) is 0 Å². The molecule has 10 nitrogen and oxygen atoms in total. The number of carbonyl (C=O) groups is 2. The maximum Gasteiger partial charge on any atom is 0.307 e. The van der Waals surface area contributed by atoms with Crippen LogP contribution in [0, 0.1) is 15.9 Å². The first kappa shape index (κ1) is 23.8. The Kier molecular flexibility index (Phi) is 7.31. The first-order valence-electron chi connectivity index (χ1n) is 9.96. The standard InChI is InChI=1S/C22H23FN2O8/c1-30-19-8-13-6-7-24(18(11-22(27)32-3)15(13)10-20(19)31-2)21(26)12-33-14-4-5-17(25(28)29)16(23)9-14/h4-5,8-10,18H,6-7,11-12H2,1-3H3. The molecule has 2 aromatic carbocycles. The van der Waals surface area contributed by atoms with Crippen molar-refractivity contribution in [1.82, 2.24) is 4.90 Å². The number of ether oxygens (including phenoxy) is 4. The quantitative estimate of drug-likeness (QED) is 0.334. The van der Waals surface area contributed by atoms with E-state index in [2.05, 4.69) is 0 Å². The van der Waals surface area contributed by atoms with Gasteiger partial charge in [-0.15, -0.1) is 0 Å². The van der Waals surface area contributed by atoms with E-state index in [-0.39, 0.29) is 12.2 Å². The number of carbonyl (C=O) groups excluding carboxylic acids is 2. The zero-order valence-electron chi connectivity index (χ0n) is 18.3. The molecular formula is C22H23FN2O8. The van der Waals surface area contributed by atoms with E-state index in [0.717, 1.165) is 23.3 Å². The number of amides is 1. The molecule has 33 heavy (non-hydrogen) atoms. The van der Waals surface area contributed by atoms with E-state index in [1.54, 1.807) is 6.07 Å². The van der Waals surface area contributed by atoms with Crippen molar-refractivity contribution in [2.75, 3.05) is 34.5 Å². The van der Waals surface area contributed by atoms with Crippen molar-refractivity contribution in [2.45, 2.75) is 18.9 Å². The van der Waals surface area contributed by atoms with Gasteiger partial charge in [0.2, 0.25) is 5.82 Å². The van der Waals surface area contributed by atoms with E-state index in [1.807, 2.05) is 6.07 Å². The SMILES string of the molecule is COC(=O)CC1c2cc(OC)c(OC)cc2CCN1C(=O)COc1ccc([N+](=O)[O-])c(F)c1. The maximum absolute atomic E-state index is 13.8. The van der Waals surface area contributed by atoms with E-state index in [1.165, 1.54) is 32.3 Å². The number of methoxy groups -OCH3 is 3. The fourth-order valence-corrected chi connectivity index (χ4v) is 3.74. The molecule has 1 aliphatic heterocycles. The summed E-state index contributed by atoms with van der Waals surface area (Å²) in [6.45, 7) is -0.140. The minimum Gasteiger partial charge on any atom is -0.493 e. The van der Waals surface area contributed by atoms with Crippen LogP contribution in [0.2, 0.25) is 0 Å². The van der Waals surface area contributed by atoms with Gasteiger partial charge in [0.05, 0.1) is 38.7 Å². The van der Waals surface area contributed by atoms with Crippen LogP contribution in [-0.2, 0) is 20.7 Å². The third kappa shape index (κ3) is 5.13. The summed E-state index contributed by atoms with van der Waals surface area (Å²) >= 11 is 0. The minimum absolute atomic E-state index is 0.0280. The van der Waals surface area contributed by atoms with Gasteiger partial charge in [0.15, 0.2) is 18.1 Å². The van der Waals surface area contributed by atoms with E-state index < -0.39 is 41.0 Å². The molecule has 0 saturated carbocycles. The lowest BCUT2D eigenvalue weighted by Gasteiger charge is -2.37. The molecule has 0 bridgehead atoms. The van der Waals surface area contributed by atoms with Crippen LogP contribution in [-0.4, -0.2) is 56.2 Å². The number of nitro benzene ring substituents is 1. The largest absolute Gasteiger partial charge is 0.493 e. The normalized spacial score (nSPS) is 14.8. The first-order valence-corrected chi connectivity index (χ1v) is 9.96. The molecule has 1 heterocycles. The van der Waals surface area contributed by atoms with Crippen molar-refractivity contribution in [3.8, 4) is 17.2 Å². The number of halogens is 1. The summed E-state index contributed by atoms with van der Waals surface area (Å²) in [5, 5.41) is 10.8. The van der Waals surface area contributed by atoms with Gasteiger partial charge in [-0.1, -0.05) is 0 Å². The Balaban J connectivity index is 1.83. The lowest BCUT2D eigenvalue weighted by Crippen LogP contribution is -2.43. The Labute approximate surface area is 188 Å². The Bertz CT molecular complexity index is 1070. The number of fused-ring (bicyclic) bond motifs is 1. The number of hydrogen-bond acceptors (Lipinski definition) is 8. The van der Waals surface area contributed by atoms with Gasteiger partial charge in [0.1, 0.15) is 5.75 Å². The number of nitrogens with zero attached hydrogens (tertiary/aromatic N) is 2. The van der Waals surface area contributed by atoms with Gasteiger partial charge >= 0.3 is 11.7 Å². The van der Waals surface area contributed by atoms with Crippen molar-refractivity contribution in [1.29, 1.82) is 0 Å². The van der Waals surface area contributed by atoms with E-state index in [0.29, 0.717) is 24.5 Å². The van der Waals surface area contributed by atoms with Crippen LogP contribution >= 0.6 is 0 Å². The minimum atomic E-state index is -1.07. The molecule has 2 aromatic rings. The van der Waals surface area contributed by atoms with Crippen LogP contribution in [0.4, 0.5) is 10.1 Å². The van der Waals surface area contributed by atoms with Crippen LogP contribution in [0.15, 0.2) is 30.3 Å². The highest BCUT2D eigenvalue weighted by atomic mass is 19.1. The molecule has 0 aliphatic carbocycles. The molecule has 0 N–H and O–H groups in total. The van der Waals surface area contributed by atoms with Crippen molar-refractivity contribution in [3.05, 3.63) is 57.4 Å². The fraction of sp³-hybridized carbons (Fsp3) is 0.364. The summed E-state index contributed by atoms with van der Waals surface area (Å²) in [6.07, 6.45) is 0.419. The molecule has 0 saturated heterocycles. The zero-order chi connectivity index (χ0) is 24.1. The monoisotopic (exact) mass is 462 g/mol. The molecule has 0 aromatic heterocycles. The average Bonchev–Trinajstić information content (AvgIpc) is 2.81. The van der Waals surface area contributed by atoms with Crippen molar-refractivity contribution in [3.63, 3.8) is 0 Å². The molecule has 0 radical (unpaired) electrons. The topological polar surface area (TPSA) is 117 Å². The summed E-state index contributed by atoms with van der Waals surface area (Å²) in [4.78, 5) is 36.5. The van der Waals surface area contributed by atoms with Crippen LogP contribution < -0.4 is 14.2 Å². The third-order valence-electron chi connectivity index (χ3n) is 5.39. The summed E-state index contributed by atoms with van der Waals surface area (Å²) in [5.74, 6) is -1.04. The Morgan fingerprint density at radius 3 is 2.45 bits per heavy atom. The molecule has 0 fully saturated rings. The molecule has 3 rings (SSSR count). The molecule has 11 heteroatoms. The fourth-order valence-electron chi connectivity index (χ4n) is 3.74. The number of rotatable bonds is 8. The van der Waals surface area contributed by atoms with Gasteiger partial charge in [-0.3, -0.25) is 19.7 Å². The summed E-state index contributed by atoms with van der Waals surface area (Å²) in [6, 6.07) is 5.94. The lowest BCUT2D eigenvalue weighted by molar-refractivity contribution is -0.387. The average molecular weight is 462 g/mol. The summed E-state index contributed by atoms with van der Waals surface area (Å²) < 4.78 is 34.7. The van der Waals surface area contributed by atoms with Crippen LogP contribution in [0.1, 0.15) is 23.6 Å². The second kappa shape index (κ2) is 10.2. The smallest absolute Gasteiger partial charge is 0.307 e. The van der Waals surface area contributed by atoms with E-state index >= 15 is 0 Å². The van der Waals surface area contributed by atoms with Gasteiger partial charge in [0, 0.05) is 18.7 Å².